The average molecular weight is 274 g/mol. The molecule has 1 aliphatic rings. The Kier molecular flexibility index (Phi) is 5.62. The third-order valence-electron chi connectivity index (χ3n) is 4.67. The monoisotopic (exact) mass is 274 g/mol. The minimum atomic E-state index is 0.640. The van der Waals surface area contributed by atoms with Gasteiger partial charge < -0.3 is 5.32 Å². The van der Waals surface area contributed by atoms with Gasteiger partial charge in [0.15, 0.2) is 0 Å². The molecule has 2 rings (SSSR count). The summed E-state index contributed by atoms with van der Waals surface area (Å²) >= 11 is 0. The Morgan fingerprint density at radius 3 is 2.90 bits per heavy atom. The molecule has 2 heteroatoms. The van der Waals surface area contributed by atoms with Crippen LogP contribution in [0.1, 0.15) is 43.4 Å². The number of aryl methyl sites for hydroxylation is 2. The molecule has 2 nitrogen and oxygen atoms in total. The highest BCUT2D eigenvalue weighted by molar-refractivity contribution is 5.30. The van der Waals surface area contributed by atoms with E-state index in [0.717, 1.165) is 19.0 Å². The zero-order valence-corrected chi connectivity index (χ0v) is 13.6. The predicted molar refractivity (Wildman–Crippen MR) is 87.1 cm³/mol. The van der Waals surface area contributed by atoms with E-state index in [1.165, 1.54) is 42.6 Å². The fourth-order valence-electron chi connectivity index (χ4n) is 3.34. The molecular weight excluding hydrogens is 244 g/mol. The summed E-state index contributed by atoms with van der Waals surface area (Å²) in [6.07, 6.45) is 2.71. The first-order valence-electron chi connectivity index (χ1n) is 8.12. The maximum absolute atomic E-state index is 3.59. The highest BCUT2D eigenvalue weighted by Gasteiger charge is 2.24. The zero-order valence-electron chi connectivity index (χ0n) is 13.6. The van der Waals surface area contributed by atoms with Gasteiger partial charge in [-0.25, -0.2) is 0 Å². The lowest BCUT2D eigenvalue weighted by molar-refractivity contribution is 0.145. The molecule has 0 spiro atoms. The van der Waals surface area contributed by atoms with Crippen molar-refractivity contribution in [3.63, 3.8) is 0 Å². The number of likely N-dealkylation sites (tertiary alicyclic amines) is 1. The Balaban J connectivity index is 1.97. The summed E-state index contributed by atoms with van der Waals surface area (Å²) in [4.78, 5) is 2.64. The number of hydrogen-bond donors (Lipinski definition) is 1. The minimum Gasteiger partial charge on any atom is -0.314 e. The fourth-order valence-corrected chi connectivity index (χ4v) is 3.34. The standard InChI is InChI=1S/C18H30N2/c1-5-19-16(4)17-7-6-10-20(12-17)13-18-11-14(2)8-9-15(18)3/h8-9,11,16-17,19H,5-7,10,12-13H2,1-4H3. The molecule has 0 bridgehead atoms. The summed E-state index contributed by atoms with van der Waals surface area (Å²) in [6.45, 7) is 13.7. The van der Waals surface area contributed by atoms with E-state index in [2.05, 4.69) is 56.1 Å². The van der Waals surface area contributed by atoms with Crippen molar-refractivity contribution in [3.05, 3.63) is 34.9 Å². The Morgan fingerprint density at radius 2 is 2.15 bits per heavy atom. The van der Waals surface area contributed by atoms with Crippen molar-refractivity contribution in [2.75, 3.05) is 19.6 Å². The second-order valence-electron chi connectivity index (χ2n) is 6.41. The van der Waals surface area contributed by atoms with E-state index in [4.69, 9.17) is 0 Å². The molecule has 1 aromatic carbocycles. The number of nitrogens with one attached hydrogen (secondary N) is 1. The summed E-state index contributed by atoms with van der Waals surface area (Å²) in [7, 11) is 0. The third kappa shape index (κ3) is 4.07. The smallest absolute Gasteiger partial charge is 0.0236 e. The molecule has 0 saturated carbocycles. The number of piperidine rings is 1. The van der Waals surface area contributed by atoms with E-state index in [-0.39, 0.29) is 0 Å². The van der Waals surface area contributed by atoms with Crippen LogP contribution in [0.5, 0.6) is 0 Å². The van der Waals surface area contributed by atoms with E-state index in [1.807, 2.05) is 0 Å². The van der Waals surface area contributed by atoms with Crippen LogP contribution in [-0.4, -0.2) is 30.6 Å². The molecule has 0 aromatic heterocycles. The summed E-state index contributed by atoms with van der Waals surface area (Å²) < 4.78 is 0. The second-order valence-corrected chi connectivity index (χ2v) is 6.41. The Labute approximate surface area is 124 Å². The molecule has 0 radical (unpaired) electrons. The van der Waals surface area contributed by atoms with Crippen LogP contribution in [0.4, 0.5) is 0 Å². The van der Waals surface area contributed by atoms with Crippen molar-refractivity contribution in [1.82, 2.24) is 10.2 Å². The van der Waals surface area contributed by atoms with E-state index < -0.39 is 0 Å². The maximum Gasteiger partial charge on any atom is 0.0236 e. The van der Waals surface area contributed by atoms with Crippen molar-refractivity contribution in [1.29, 1.82) is 0 Å². The summed E-state index contributed by atoms with van der Waals surface area (Å²) in [6, 6.07) is 7.46. The van der Waals surface area contributed by atoms with E-state index >= 15 is 0 Å². The third-order valence-corrected chi connectivity index (χ3v) is 4.67. The van der Waals surface area contributed by atoms with Gasteiger partial charge in [-0.1, -0.05) is 30.7 Å². The molecule has 0 amide bonds. The van der Waals surface area contributed by atoms with E-state index in [1.54, 1.807) is 0 Å². The van der Waals surface area contributed by atoms with Gasteiger partial charge in [0, 0.05) is 19.1 Å². The van der Waals surface area contributed by atoms with Crippen LogP contribution in [0.2, 0.25) is 0 Å². The van der Waals surface area contributed by atoms with Gasteiger partial charge in [-0.05, 0) is 63.7 Å². The topological polar surface area (TPSA) is 15.3 Å². The lowest BCUT2D eigenvalue weighted by Crippen LogP contribution is -2.44. The van der Waals surface area contributed by atoms with Crippen LogP contribution in [0.15, 0.2) is 18.2 Å². The first kappa shape index (κ1) is 15.5. The summed E-state index contributed by atoms with van der Waals surface area (Å²) in [5.41, 5.74) is 4.30. The first-order chi connectivity index (χ1) is 9.60. The molecule has 2 atom stereocenters. The lowest BCUT2D eigenvalue weighted by atomic mass is 9.91. The highest BCUT2D eigenvalue weighted by atomic mass is 15.1. The minimum absolute atomic E-state index is 0.640. The normalized spacial score (nSPS) is 21.9. The molecule has 20 heavy (non-hydrogen) atoms. The van der Waals surface area contributed by atoms with Crippen molar-refractivity contribution >= 4 is 0 Å². The van der Waals surface area contributed by atoms with E-state index in [0.29, 0.717) is 6.04 Å². The van der Waals surface area contributed by atoms with Gasteiger partial charge >= 0.3 is 0 Å². The predicted octanol–water partition coefficient (Wildman–Crippen LogP) is 3.51. The Bertz CT molecular complexity index is 427. The molecule has 1 N–H and O–H groups in total. The van der Waals surface area contributed by atoms with Gasteiger partial charge in [0.05, 0.1) is 0 Å². The first-order valence-corrected chi connectivity index (χ1v) is 8.12. The quantitative estimate of drug-likeness (QED) is 0.884. The van der Waals surface area contributed by atoms with Gasteiger partial charge in [-0.2, -0.15) is 0 Å². The van der Waals surface area contributed by atoms with Gasteiger partial charge in [0.2, 0.25) is 0 Å². The number of benzene rings is 1. The van der Waals surface area contributed by atoms with Gasteiger partial charge in [0.1, 0.15) is 0 Å². The summed E-state index contributed by atoms with van der Waals surface area (Å²) in [5, 5.41) is 3.59. The molecule has 1 saturated heterocycles. The van der Waals surface area contributed by atoms with Crippen LogP contribution in [0.25, 0.3) is 0 Å². The molecular formula is C18H30N2. The average Bonchev–Trinajstić information content (AvgIpc) is 2.43. The second kappa shape index (κ2) is 7.24. The Hall–Kier alpha value is -0.860. The van der Waals surface area contributed by atoms with Crippen LogP contribution in [0, 0.1) is 19.8 Å². The van der Waals surface area contributed by atoms with Crippen molar-refractivity contribution in [2.24, 2.45) is 5.92 Å². The summed E-state index contributed by atoms with van der Waals surface area (Å²) in [5.74, 6) is 0.800. The van der Waals surface area contributed by atoms with Gasteiger partial charge in [0.25, 0.3) is 0 Å². The number of nitrogens with zero attached hydrogens (tertiary/aromatic N) is 1. The van der Waals surface area contributed by atoms with Crippen LogP contribution >= 0.6 is 0 Å². The van der Waals surface area contributed by atoms with Crippen molar-refractivity contribution < 1.29 is 0 Å². The molecule has 1 aromatic rings. The maximum atomic E-state index is 3.59. The fraction of sp³-hybridized carbons (Fsp3) is 0.667. The lowest BCUT2D eigenvalue weighted by Gasteiger charge is -2.36. The van der Waals surface area contributed by atoms with Crippen LogP contribution in [-0.2, 0) is 6.54 Å². The molecule has 1 fully saturated rings. The molecule has 0 aliphatic carbocycles. The van der Waals surface area contributed by atoms with Crippen LogP contribution < -0.4 is 5.32 Å². The molecule has 1 aliphatic heterocycles. The van der Waals surface area contributed by atoms with Crippen molar-refractivity contribution in [3.8, 4) is 0 Å². The van der Waals surface area contributed by atoms with Gasteiger partial charge in [-0.3, -0.25) is 4.90 Å². The zero-order chi connectivity index (χ0) is 14.5. The highest BCUT2D eigenvalue weighted by Crippen LogP contribution is 2.22. The molecule has 1 heterocycles. The van der Waals surface area contributed by atoms with E-state index in [9.17, 15) is 0 Å². The molecule has 112 valence electrons. The number of hydrogen-bond acceptors (Lipinski definition) is 2. The van der Waals surface area contributed by atoms with Crippen LogP contribution in [0.3, 0.4) is 0 Å². The van der Waals surface area contributed by atoms with Gasteiger partial charge in [-0.15, -0.1) is 0 Å². The Morgan fingerprint density at radius 1 is 1.35 bits per heavy atom. The van der Waals surface area contributed by atoms with Crippen molar-refractivity contribution in [2.45, 2.75) is 53.1 Å². The molecule has 2 unspecified atom stereocenters. The number of rotatable bonds is 5. The largest absolute Gasteiger partial charge is 0.314 e. The SMILES string of the molecule is CCNC(C)C1CCCN(Cc2cc(C)ccc2C)C1.